The van der Waals surface area contributed by atoms with Crippen LogP contribution in [0.1, 0.15) is 25.6 Å². The van der Waals surface area contributed by atoms with Gasteiger partial charge in [0.2, 0.25) is 0 Å². The fraction of sp³-hybridized carbons (Fsp3) is 0.750. The van der Waals surface area contributed by atoms with Crippen molar-refractivity contribution in [1.29, 1.82) is 0 Å². The summed E-state index contributed by atoms with van der Waals surface area (Å²) in [5.74, 6) is 2.79. The van der Waals surface area contributed by atoms with Gasteiger partial charge in [-0.05, 0) is 31.7 Å². The van der Waals surface area contributed by atoms with Crippen molar-refractivity contribution < 1.29 is 0 Å². The van der Waals surface area contributed by atoms with E-state index in [1.807, 2.05) is 12.4 Å². The summed E-state index contributed by atoms with van der Waals surface area (Å²) in [6.07, 6.45) is 7.70. The molecule has 1 aliphatic carbocycles. The molecule has 1 fully saturated rings. The molecule has 1 aromatic heterocycles. The fourth-order valence-electron chi connectivity index (χ4n) is 2.77. The highest BCUT2D eigenvalue weighted by atomic mass is 15.0. The van der Waals surface area contributed by atoms with Gasteiger partial charge in [0.15, 0.2) is 0 Å². The minimum absolute atomic E-state index is 0.704. The standard InChI is InChI=1S/C12H21N3/c1-9-10(4-5-11(9)13-2)8-12-14-6-7-15(12)3/h6-7,9-11,13H,4-5,8H2,1-3H3. The van der Waals surface area contributed by atoms with Crippen molar-refractivity contribution in [3.63, 3.8) is 0 Å². The van der Waals surface area contributed by atoms with Gasteiger partial charge in [-0.1, -0.05) is 6.92 Å². The molecule has 1 aromatic rings. The zero-order valence-electron chi connectivity index (χ0n) is 9.90. The zero-order valence-corrected chi connectivity index (χ0v) is 9.90. The van der Waals surface area contributed by atoms with Crippen LogP contribution in [-0.2, 0) is 13.5 Å². The lowest BCUT2D eigenvalue weighted by atomic mass is 9.92. The average molecular weight is 207 g/mol. The Balaban J connectivity index is 1.99. The quantitative estimate of drug-likeness (QED) is 0.816. The lowest BCUT2D eigenvalue weighted by Crippen LogP contribution is -2.30. The van der Waals surface area contributed by atoms with E-state index in [0.717, 1.165) is 18.3 Å². The van der Waals surface area contributed by atoms with Crippen molar-refractivity contribution in [1.82, 2.24) is 14.9 Å². The smallest absolute Gasteiger partial charge is 0.108 e. The zero-order chi connectivity index (χ0) is 10.8. The Morgan fingerprint density at radius 2 is 2.33 bits per heavy atom. The summed E-state index contributed by atoms with van der Waals surface area (Å²) in [4.78, 5) is 4.41. The van der Waals surface area contributed by atoms with Crippen molar-refractivity contribution in [2.75, 3.05) is 7.05 Å². The lowest BCUT2D eigenvalue weighted by Gasteiger charge is -2.19. The molecule has 0 radical (unpaired) electrons. The molecular weight excluding hydrogens is 186 g/mol. The summed E-state index contributed by atoms with van der Waals surface area (Å²) in [6, 6.07) is 0.704. The molecule has 1 N–H and O–H groups in total. The lowest BCUT2D eigenvalue weighted by molar-refractivity contribution is 0.357. The summed E-state index contributed by atoms with van der Waals surface area (Å²) in [6.45, 7) is 2.36. The second kappa shape index (κ2) is 4.35. The van der Waals surface area contributed by atoms with Crippen LogP contribution in [0.2, 0.25) is 0 Å². The van der Waals surface area contributed by atoms with Crippen LogP contribution in [0.15, 0.2) is 12.4 Å². The maximum absolute atomic E-state index is 4.41. The second-order valence-corrected chi connectivity index (χ2v) is 4.75. The van der Waals surface area contributed by atoms with Gasteiger partial charge in [-0.25, -0.2) is 4.98 Å². The molecule has 1 saturated carbocycles. The van der Waals surface area contributed by atoms with Crippen LogP contribution in [0, 0.1) is 11.8 Å². The maximum atomic E-state index is 4.41. The molecule has 1 aliphatic rings. The van der Waals surface area contributed by atoms with E-state index in [4.69, 9.17) is 0 Å². The molecule has 15 heavy (non-hydrogen) atoms. The van der Waals surface area contributed by atoms with Crippen LogP contribution in [-0.4, -0.2) is 22.6 Å². The van der Waals surface area contributed by atoms with Gasteiger partial charge in [-0.3, -0.25) is 0 Å². The Kier molecular flexibility index (Phi) is 3.10. The van der Waals surface area contributed by atoms with E-state index in [1.165, 1.54) is 18.7 Å². The predicted octanol–water partition coefficient (Wildman–Crippen LogP) is 1.60. The number of hydrogen-bond acceptors (Lipinski definition) is 2. The highest BCUT2D eigenvalue weighted by Gasteiger charge is 2.32. The van der Waals surface area contributed by atoms with Crippen LogP contribution in [0.25, 0.3) is 0 Å². The highest BCUT2D eigenvalue weighted by molar-refractivity contribution is 4.97. The average Bonchev–Trinajstić information content (AvgIpc) is 2.77. The molecule has 3 unspecified atom stereocenters. The molecule has 3 atom stereocenters. The van der Waals surface area contributed by atoms with Crippen LogP contribution in [0.4, 0.5) is 0 Å². The monoisotopic (exact) mass is 207 g/mol. The summed E-state index contributed by atoms with van der Waals surface area (Å²) >= 11 is 0. The van der Waals surface area contributed by atoms with Gasteiger partial charge in [0.1, 0.15) is 5.82 Å². The predicted molar refractivity (Wildman–Crippen MR) is 61.6 cm³/mol. The van der Waals surface area contributed by atoms with E-state index in [2.05, 4.69) is 35.9 Å². The van der Waals surface area contributed by atoms with Crippen molar-refractivity contribution in [2.45, 2.75) is 32.2 Å². The molecule has 84 valence electrons. The third kappa shape index (κ3) is 2.07. The first-order valence-electron chi connectivity index (χ1n) is 5.86. The Morgan fingerprint density at radius 1 is 1.53 bits per heavy atom. The summed E-state index contributed by atoms with van der Waals surface area (Å²) < 4.78 is 2.14. The number of nitrogens with zero attached hydrogens (tertiary/aromatic N) is 2. The first kappa shape index (κ1) is 10.7. The molecule has 0 amide bonds. The molecular formula is C12H21N3. The Labute approximate surface area is 91.9 Å². The van der Waals surface area contributed by atoms with Gasteiger partial charge in [0.05, 0.1) is 0 Å². The third-order valence-corrected chi connectivity index (χ3v) is 3.96. The maximum Gasteiger partial charge on any atom is 0.108 e. The summed E-state index contributed by atoms with van der Waals surface area (Å²) in [7, 11) is 4.15. The highest BCUT2D eigenvalue weighted by Crippen LogP contribution is 2.33. The number of imidazole rings is 1. The number of aryl methyl sites for hydroxylation is 1. The van der Waals surface area contributed by atoms with Crippen LogP contribution >= 0.6 is 0 Å². The van der Waals surface area contributed by atoms with Crippen molar-refractivity contribution in [2.24, 2.45) is 18.9 Å². The molecule has 1 heterocycles. The molecule has 3 nitrogen and oxygen atoms in total. The second-order valence-electron chi connectivity index (χ2n) is 4.75. The molecule has 0 bridgehead atoms. The van der Waals surface area contributed by atoms with E-state index in [1.54, 1.807) is 0 Å². The van der Waals surface area contributed by atoms with E-state index >= 15 is 0 Å². The van der Waals surface area contributed by atoms with Gasteiger partial charge < -0.3 is 9.88 Å². The molecule has 3 heteroatoms. The SMILES string of the molecule is CNC1CCC(Cc2nccn2C)C1C. The molecule has 0 aliphatic heterocycles. The number of aromatic nitrogens is 2. The number of hydrogen-bond donors (Lipinski definition) is 1. The largest absolute Gasteiger partial charge is 0.338 e. The van der Waals surface area contributed by atoms with Crippen molar-refractivity contribution in [3.05, 3.63) is 18.2 Å². The van der Waals surface area contributed by atoms with Gasteiger partial charge >= 0.3 is 0 Å². The minimum Gasteiger partial charge on any atom is -0.338 e. The topological polar surface area (TPSA) is 29.9 Å². The van der Waals surface area contributed by atoms with Gasteiger partial charge in [0, 0.05) is 31.9 Å². The van der Waals surface area contributed by atoms with Crippen molar-refractivity contribution in [3.8, 4) is 0 Å². The van der Waals surface area contributed by atoms with E-state index in [-0.39, 0.29) is 0 Å². The molecule has 0 spiro atoms. The minimum atomic E-state index is 0.704. The van der Waals surface area contributed by atoms with Crippen LogP contribution < -0.4 is 5.32 Å². The molecule has 0 saturated heterocycles. The Morgan fingerprint density at radius 3 is 2.87 bits per heavy atom. The molecule has 2 rings (SSSR count). The van der Waals surface area contributed by atoms with E-state index in [0.29, 0.717) is 6.04 Å². The fourth-order valence-corrected chi connectivity index (χ4v) is 2.77. The van der Waals surface area contributed by atoms with E-state index < -0.39 is 0 Å². The first-order chi connectivity index (χ1) is 7.22. The van der Waals surface area contributed by atoms with Gasteiger partial charge in [-0.2, -0.15) is 0 Å². The van der Waals surface area contributed by atoms with Crippen LogP contribution in [0.5, 0.6) is 0 Å². The van der Waals surface area contributed by atoms with Gasteiger partial charge in [-0.15, -0.1) is 0 Å². The Bertz CT molecular complexity index is 318. The van der Waals surface area contributed by atoms with Crippen molar-refractivity contribution >= 4 is 0 Å². The molecule has 0 aromatic carbocycles. The normalized spacial score (nSPS) is 31.0. The number of nitrogens with one attached hydrogen (secondary N) is 1. The third-order valence-electron chi connectivity index (χ3n) is 3.96. The van der Waals surface area contributed by atoms with E-state index in [9.17, 15) is 0 Å². The first-order valence-corrected chi connectivity index (χ1v) is 5.86. The van der Waals surface area contributed by atoms with Gasteiger partial charge in [0.25, 0.3) is 0 Å². The summed E-state index contributed by atoms with van der Waals surface area (Å²) in [5.41, 5.74) is 0. The summed E-state index contributed by atoms with van der Waals surface area (Å²) in [5, 5.41) is 3.41. The van der Waals surface area contributed by atoms with Crippen LogP contribution in [0.3, 0.4) is 0 Å². The Hall–Kier alpha value is -0.830. The number of rotatable bonds is 3.